The predicted octanol–water partition coefficient (Wildman–Crippen LogP) is 11.3. The fourth-order valence-corrected chi connectivity index (χ4v) is 7.43. The van der Waals surface area contributed by atoms with E-state index in [0.29, 0.717) is 0 Å². The molecule has 0 saturated heterocycles. The van der Waals surface area contributed by atoms with E-state index in [9.17, 15) is 9.59 Å². The third kappa shape index (κ3) is 9.03. The summed E-state index contributed by atoms with van der Waals surface area (Å²) in [5.41, 5.74) is 5.11. The van der Waals surface area contributed by atoms with Crippen LogP contribution in [0.4, 0.5) is 11.4 Å². The Hall–Kier alpha value is -4.98. The van der Waals surface area contributed by atoms with E-state index in [1.54, 1.807) is 0 Å². The van der Waals surface area contributed by atoms with Gasteiger partial charge in [0.2, 0.25) is 11.8 Å². The maximum Gasteiger partial charge on any atom is 0.230 e. The number of nitrogens with zero attached hydrogens (tertiary/aromatic N) is 2. The summed E-state index contributed by atoms with van der Waals surface area (Å²) in [4.78, 5) is 29.6. The van der Waals surface area contributed by atoms with Crippen molar-refractivity contribution >= 4 is 39.1 Å². The van der Waals surface area contributed by atoms with Crippen molar-refractivity contribution < 1.29 is 19.1 Å². The van der Waals surface area contributed by atoms with Crippen molar-refractivity contribution in [1.29, 1.82) is 0 Å². The zero-order valence-corrected chi connectivity index (χ0v) is 33.5. The Kier molecular flexibility index (Phi) is 12.8. The SMILES string of the molecule is CC#CC.CC#Cc1ccc2c(c1Oc1ccccc1)CC[C@H](C)N2C(=O)C1CC1.C[C@H]1CCc2c(ccc(Br)c2Oc2ccccc2)N1C(=O)C1CC1. The van der Waals surface area contributed by atoms with Gasteiger partial charge in [-0.15, -0.1) is 17.8 Å². The van der Waals surface area contributed by atoms with Crippen molar-refractivity contribution in [2.45, 2.75) is 98.1 Å². The van der Waals surface area contributed by atoms with Crippen molar-refractivity contribution in [2.24, 2.45) is 11.8 Å². The maximum absolute atomic E-state index is 12.9. The molecule has 4 aromatic rings. The summed E-state index contributed by atoms with van der Waals surface area (Å²) in [7, 11) is 0. The van der Waals surface area contributed by atoms with Crippen LogP contribution in [-0.4, -0.2) is 23.9 Å². The third-order valence-electron chi connectivity index (χ3n) is 10.2. The molecule has 8 rings (SSSR count). The molecule has 2 fully saturated rings. The number of amides is 2. The second-order valence-corrected chi connectivity index (χ2v) is 15.1. The number of carbonyl (C=O) groups is 2. The highest BCUT2D eigenvalue weighted by molar-refractivity contribution is 9.10. The quantitative estimate of drug-likeness (QED) is 0.183. The first-order valence-electron chi connectivity index (χ1n) is 19.1. The molecule has 0 unspecified atom stereocenters. The fraction of sp³-hybridized carbons (Fsp3) is 0.362. The van der Waals surface area contributed by atoms with Gasteiger partial charge in [0.1, 0.15) is 23.0 Å². The van der Waals surface area contributed by atoms with Gasteiger partial charge in [0.15, 0.2) is 0 Å². The Morgan fingerprint density at radius 1 is 0.593 bits per heavy atom. The first kappa shape index (κ1) is 38.7. The van der Waals surface area contributed by atoms with Crippen LogP contribution in [0.5, 0.6) is 23.0 Å². The van der Waals surface area contributed by atoms with Crippen molar-refractivity contribution in [3.05, 3.63) is 106 Å². The standard InChI is InChI=1S/C23H23NO2.C20H20BrNO2.C4H6/c1-3-7-17-13-15-21-20(22(17)26-19-8-5-4-6-9-19)14-10-16(2)24(21)23(25)18-11-12-18;1-13-7-10-16-18(22(13)20(23)14-8-9-14)12-11-17(21)19(16)24-15-5-3-2-4-6-15;1-3-4-2/h4-6,8-9,13,15-16,18H,10-12,14H2,1-2H3;2-6,11-14H,7-10H2,1H3;1-2H3/t16-;13-;/m00./s1. The Balaban J connectivity index is 0.000000168. The molecular formula is C47H49BrN2O4. The Morgan fingerprint density at radius 2 is 1.04 bits per heavy atom. The van der Waals surface area contributed by atoms with Gasteiger partial charge >= 0.3 is 0 Å². The second kappa shape index (κ2) is 17.9. The zero-order chi connectivity index (χ0) is 38.2. The first-order chi connectivity index (χ1) is 26.2. The summed E-state index contributed by atoms with van der Waals surface area (Å²) < 4.78 is 13.4. The second-order valence-electron chi connectivity index (χ2n) is 14.3. The average Bonchev–Trinajstić information content (AvgIpc) is 4.12. The van der Waals surface area contributed by atoms with Gasteiger partial charge in [0.25, 0.3) is 0 Å². The molecule has 2 saturated carbocycles. The van der Waals surface area contributed by atoms with Gasteiger partial charge in [-0.25, -0.2) is 0 Å². The largest absolute Gasteiger partial charge is 0.456 e. The van der Waals surface area contributed by atoms with Crippen LogP contribution in [-0.2, 0) is 22.4 Å². The molecule has 0 radical (unpaired) electrons. The number of benzene rings is 4. The van der Waals surface area contributed by atoms with Gasteiger partial charge in [-0.1, -0.05) is 42.3 Å². The van der Waals surface area contributed by atoms with Crippen LogP contribution in [0.1, 0.15) is 89.8 Å². The van der Waals surface area contributed by atoms with Crippen LogP contribution in [0, 0.1) is 35.5 Å². The molecule has 54 heavy (non-hydrogen) atoms. The number of anilines is 2. The highest BCUT2D eigenvalue weighted by Gasteiger charge is 2.40. The summed E-state index contributed by atoms with van der Waals surface area (Å²) in [5.74, 6) is 15.7. The number of rotatable bonds is 6. The first-order valence-corrected chi connectivity index (χ1v) is 19.9. The summed E-state index contributed by atoms with van der Waals surface area (Å²) in [6.07, 6.45) is 7.82. The van der Waals surface area contributed by atoms with Gasteiger partial charge in [0, 0.05) is 35.0 Å². The summed E-state index contributed by atoms with van der Waals surface area (Å²) in [6, 6.07) is 28.1. The lowest BCUT2D eigenvalue weighted by Gasteiger charge is -2.36. The molecule has 2 amide bonds. The molecule has 2 heterocycles. The van der Waals surface area contributed by atoms with Crippen LogP contribution in [0.25, 0.3) is 0 Å². The maximum atomic E-state index is 12.9. The highest BCUT2D eigenvalue weighted by atomic mass is 79.9. The molecule has 7 heteroatoms. The van der Waals surface area contributed by atoms with Crippen molar-refractivity contribution in [3.8, 4) is 46.7 Å². The Morgan fingerprint density at radius 3 is 1.48 bits per heavy atom. The van der Waals surface area contributed by atoms with Gasteiger partial charge < -0.3 is 19.3 Å². The van der Waals surface area contributed by atoms with Crippen molar-refractivity contribution in [2.75, 3.05) is 9.80 Å². The van der Waals surface area contributed by atoms with E-state index < -0.39 is 0 Å². The van der Waals surface area contributed by atoms with Crippen LogP contribution >= 0.6 is 15.9 Å². The number of hydrogen-bond acceptors (Lipinski definition) is 4. The minimum Gasteiger partial charge on any atom is -0.456 e. The van der Waals surface area contributed by atoms with Crippen LogP contribution in [0.2, 0.25) is 0 Å². The number of hydrogen-bond donors (Lipinski definition) is 0. The lowest BCUT2D eigenvalue weighted by atomic mass is 9.93. The van der Waals surface area contributed by atoms with Crippen molar-refractivity contribution in [3.63, 3.8) is 0 Å². The number of para-hydroxylation sites is 2. The molecule has 278 valence electrons. The molecular weight excluding hydrogens is 736 g/mol. The summed E-state index contributed by atoms with van der Waals surface area (Å²) >= 11 is 3.62. The monoisotopic (exact) mass is 784 g/mol. The number of carbonyl (C=O) groups excluding carboxylic acids is 2. The number of halogens is 1. The third-order valence-corrected chi connectivity index (χ3v) is 10.8. The summed E-state index contributed by atoms with van der Waals surface area (Å²) in [6.45, 7) is 9.75. The average molecular weight is 786 g/mol. The van der Waals surface area contributed by atoms with E-state index in [1.807, 2.05) is 116 Å². The molecule has 0 bridgehead atoms. The molecule has 6 nitrogen and oxygen atoms in total. The molecule has 2 aliphatic carbocycles. The Labute approximate surface area is 329 Å². The van der Waals surface area contributed by atoms with Gasteiger partial charge in [-0.2, -0.15) is 0 Å². The molecule has 2 atom stereocenters. The smallest absolute Gasteiger partial charge is 0.230 e. The van der Waals surface area contributed by atoms with E-state index in [1.165, 1.54) is 0 Å². The van der Waals surface area contributed by atoms with Crippen LogP contribution in [0.15, 0.2) is 89.4 Å². The van der Waals surface area contributed by atoms with E-state index in [0.717, 1.165) is 107 Å². The molecule has 4 aliphatic rings. The van der Waals surface area contributed by atoms with E-state index >= 15 is 0 Å². The fourth-order valence-electron chi connectivity index (χ4n) is 6.98. The van der Waals surface area contributed by atoms with Gasteiger partial charge in [0.05, 0.1) is 21.4 Å². The molecule has 2 aliphatic heterocycles. The topological polar surface area (TPSA) is 59.1 Å². The van der Waals surface area contributed by atoms with Gasteiger partial charge in [-0.3, -0.25) is 9.59 Å². The minimum absolute atomic E-state index is 0.206. The van der Waals surface area contributed by atoms with E-state index in [4.69, 9.17) is 9.47 Å². The zero-order valence-electron chi connectivity index (χ0n) is 32.0. The lowest BCUT2D eigenvalue weighted by Crippen LogP contribution is -2.43. The highest BCUT2D eigenvalue weighted by Crippen LogP contribution is 2.46. The Bertz CT molecular complexity index is 2080. The molecule has 4 aromatic carbocycles. The van der Waals surface area contributed by atoms with Gasteiger partial charge in [-0.05, 0) is 150 Å². The summed E-state index contributed by atoms with van der Waals surface area (Å²) in [5, 5.41) is 0. The van der Waals surface area contributed by atoms with Crippen LogP contribution < -0.4 is 19.3 Å². The van der Waals surface area contributed by atoms with Crippen molar-refractivity contribution in [1.82, 2.24) is 0 Å². The number of ether oxygens (including phenoxy) is 2. The van der Waals surface area contributed by atoms with Crippen LogP contribution in [0.3, 0.4) is 0 Å². The lowest BCUT2D eigenvalue weighted by molar-refractivity contribution is -0.121. The van der Waals surface area contributed by atoms with E-state index in [-0.39, 0.29) is 35.7 Å². The van der Waals surface area contributed by atoms with E-state index in [2.05, 4.69) is 53.5 Å². The molecule has 0 N–H and O–H groups in total. The predicted molar refractivity (Wildman–Crippen MR) is 221 cm³/mol. The minimum atomic E-state index is 0.206. The normalized spacial score (nSPS) is 18.0. The number of fused-ring (bicyclic) bond motifs is 2. The molecule has 0 aromatic heterocycles. The molecule has 0 spiro atoms.